The zero-order valence-electron chi connectivity index (χ0n) is 7.68. The second-order valence-electron chi connectivity index (χ2n) is 4.32. The van der Waals surface area contributed by atoms with E-state index in [9.17, 15) is 0 Å². The van der Waals surface area contributed by atoms with Crippen LogP contribution in [0.3, 0.4) is 0 Å². The molecule has 2 aliphatic rings. The maximum atomic E-state index is 6.11. The van der Waals surface area contributed by atoms with E-state index in [2.05, 4.69) is 6.92 Å². The first kappa shape index (κ1) is 8.83. The number of hydrogen-bond acceptors (Lipinski definition) is 1. The fourth-order valence-corrected chi connectivity index (χ4v) is 2.59. The van der Waals surface area contributed by atoms with Gasteiger partial charge in [-0.05, 0) is 44.9 Å². The van der Waals surface area contributed by atoms with Gasteiger partial charge in [0.15, 0.2) is 0 Å². The van der Waals surface area contributed by atoms with Crippen LogP contribution in [-0.2, 0) is 4.74 Å². The summed E-state index contributed by atoms with van der Waals surface area (Å²) in [7, 11) is 0. The summed E-state index contributed by atoms with van der Waals surface area (Å²) >= 11 is 6.11. The zero-order chi connectivity index (χ0) is 8.60. The number of hydrogen-bond donors (Lipinski definition) is 0. The lowest BCUT2D eigenvalue weighted by molar-refractivity contribution is -0.143. The molecule has 1 saturated heterocycles. The third-order valence-electron chi connectivity index (χ3n) is 3.45. The molecule has 1 heterocycles. The Morgan fingerprint density at radius 2 is 2.25 bits per heavy atom. The molecule has 1 saturated carbocycles. The quantitative estimate of drug-likeness (QED) is 0.575. The Morgan fingerprint density at radius 1 is 1.50 bits per heavy atom. The van der Waals surface area contributed by atoms with Gasteiger partial charge in [-0.25, -0.2) is 0 Å². The van der Waals surface area contributed by atoms with Crippen molar-refractivity contribution in [3.8, 4) is 0 Å². The molecule has 1 nitrogen and oxygen atoms in total. The Labute approximate surface area is 79.4 Å². The summed E-state index contributed by atoms with van der Waals surface area (Å²) in [5.41, 5.74) is 0.270. The van der Waals surface area contributed by atoms with E-state index in [0.717, 1.165) is 13.0 Å². The highest BCUT2D eigenvalue weighted by atomic mass is 35.5. The molecule has 2 unspecified atom stereocenters. The van der Waals surface area contributed by atoms with Crippen molar-refractivity contribution in [2.24, 2.45) is 5.92 Å². The van der Waals surface area contributed by atoms with E-state index in [1.807, 2.05) is 0 Å². The van der Waals surface area contributed by atoms with Crippen LogP contribution >= 0.6 is 11.6 Å². The first-order valence-corrected chi connectivity index (χ1v) is 5.44. The highest BCUT2D eigenvalue weighted by molar-refractivity contribution is 6.20. The number of halogens is 1. The van der Waals surface area contributed by atoms with E-state index >= 15 is 0 Å². The molecular weight excluding hydrogens is 172 g/mol. The standard InChI is InChI=1S/C10H17ClO/c1-8(11)9-3-6-12-10(7-9)4-2-5-10/h8-9H,2-7H2,1H3. The highest BCUT2D eigenvalue weighted by Crippen LogP contribution is 2.45. The average molecular weight is 189 g/mol. The van der Waals surface area contributed by atoms with Gasteiger partial charge in [-0.3, -0.25) is 0 Å². The van der Waals surface area contributed by atoms with Gasteiger partial charge >= 0.3 is 0 Å². The molecule has 2 fully saturated rings. The summed E-state index contributed by atoms with van der Waals surface area (Å²) in [6.45, 7) is 3.05. The molecule has 2 atom stereocenters. The van der Waals surface area contributed by atoms with Crippen molar-refractivity contribution in [3.63, 3.8) is 0 Å². The molecule has 0 N–H and O–H groups in total. The van der Waals surface area contributed by atoms with Gasteiger partial charge < -0.3 is 4.74 Å². The molecule has 1 spiro atoms. The largest absolute Gasteiger partial charge is 0.375 e. The monoisotopic (exact) mass is 188 g/mol. The van der Waals surface area contributed by atoms with Gasteiger partial charge in [0, 0.05) is 12.0 Å². The van der Waals surface area contributed by atoms with Gasteiger partial charge in [0.2, 0.25) is 0 Å². The van der Waals surface area contributed by atoms with Crippen LogP contribution in [0.1, 0.15) is 39.0 Å². The van der Waals surface area contributed by atoms with Crippen molar-refractivity contribution in [2.45, 2.75) is 50.0 Å². The van der Waals surface area contributed by atoms with Crippen molar-refractivity contribution in [1.82, 2.24) is 0 Å². The van der Waals surface area contributed by atoms with Crippen LogP contribution in [0.5, 0.6) is 0 Å². The van der Waals surface area contributed by atoms with Gasteiger partial charge in [-0.15, -0.1) is 11.6 Å². The predicted octanol–water partition coefficient (Wildman–Crippen LogP) is 2.96. The van der Waals surface area contributed by atoms with E-state index in [4.69, 9.17) is 16.3 Å². The van der Waals surface area contributed by atoms with Crippen molar-refractivity contribution >= 4 is 11.6 Å². The van der Waals surface area contributed by atoms with E-state index in [1.54, 1.807) is 0 Å². The minimum absolute atomic E-state index is 0.270. The van der Waals surface area contributed by atoms with Crippen molar-refractivity contribution in [3.05, 3.63) is 0 Å². The minimum atomic E-state index is 0.270. The van der Waals surface area contributed by atoms with Crippen LogP contribution in [0.2, 0.25) is 0 Å². The van der Waals surface area contributed by atoms with Crippen molar-refractivity contribution < 1.29 is 4.74 Å². The molecule has 2 heteroatoms. The topological polar surface area (TPSA) is 9.23 Å². The fourth-order valence-electron chi connectivity index (χ4n) is 2.38. The predicted molar refractivity (Wildman–Crippen MR) is 50.6 cm³/mol. The fraction of sp³-hybridized carbons (Fsp3) is 1.00. The Bertz CT molecular complexity index is 163. The molecule has 0 bridgehead atoms. The number of rotatable bonds is 1. The normalized spacial score (nSPS) is 36.0. The summed E-state index contributed by atoms with van der Waals surface area (Å²) in [5.74, 6) is 0.695. The van der Waals surface area contributed by atoms with Gasteiger partial charge in [-0.1, -0.05) is 0 Å². The van der Waals surface area contributed by atoms with E-state index < -0.39 is 0 Å². The zero-order valence-corrected chi connectivity index (χ0v) is 8.44. The second-order valence-corrected chi connectivity index (χ2v) is 5.00. The second kappa shape index (κ2) is 3.19. The summed E-state index contributed by atoms with van der Waals surface area (Å²) in [4.78, 5) is 0. The Balaban J connectivity index is 1.94. The van der Waals surface area contributed by atoms with Crippen LogP contribution in [0.25, 0.3) is 0 Å². The average Bonchev–Trinajstić information content (AvgIpc) is 2.02. The summed E-state index contributed by atoms with van der Waals surface area (Å²) in [5, 5.41) is 0.325. The molecule has 70 valence electrons. The van der Waals surface area contributed by atoms with E-state index in [1.165, 1.54) is 25.7 Å². The Kier molecular flexibility index (Phi) is 2.35. The van der Waals surface area contributed by atoms with Crippen LogP contribution in [0, 0.1) is 5.92 Å². The SMILES string of the molecule is CC(Cl)C1CCOC2(CCC2)C1. The van der Waals surface area contributed by atoms with Gasteiger partial charge in [0.1, 0.15) is 0 Å². The molecule has 2 rings (SSSR count). The maximum Gasteiger partial charge on any atom is 0.0685 e. The third-order valence-corrected chi connectivity index (χ3v) is 3.80. The van der Waals surface area contributed by atoms with Gasteiger partial charge in [0.25, 0.3) is 0 Å². The lowest BCUT2D eigenvalue weighted by atomic mass is 9.71. The minimum Gasteiger partial charge on any atom is -0.375 e. The summed E-state index contributed by atoms with van der Waals surface area (Å²) in [6, 6.07) is 0. The van der Waals surface area contributed by atoms with Crippen LogP contribution in [-0.4, -0.2) is 17.6 Å². The molecule has 0 radical (unpaired) electrons. The number of ether oxygens (including phenoxy) is 1. The lowest BCUT2D eigenvalue weighted by Crippen LogP contribution is -2.46. The molecule has 0 aromatic heterocycles. The van der Waals surface area contributed by atoms with E-state index in [-0.39, 0.29) is 5.60 Å². The molecule has 0 aromatic rings. The van der Waals surface area contributed by atoms with Crippen molar-refractivity contribution in [1.29, 1.82) is 0 Å². The first-order chi connectivity index (χ1) is 5.72. The van der Waals surface area contributed by atoms with Crippen molar-refractivity contribution in [2.75, 3.05) is 6.61 Å². The molecule has 12 heavy (non-hydrogen) atoms. The molecule has 1 aliphatic carbocycles. The molecule has 1 aliphatic heterocycles. The van der Waals surface area contributed by atoms with Crippen LogP contribution < -0.4 is 0 Å². The first-order valence-electron chi connectivity index (χ1n) is 5.00. The lowest BCUT2D eigenvalue weighted by Gasteiger charge is -2.47. The molecular formula is C10H17ClO. The Morgan fingerprint density at radius 3 is 2.75 bits per heavy atom. The summed E-state index contributed by atoms with van der Waals surface area (Å²) in [6.07, 6.45) is 6.26. The smallest absolute Gasteiger partial charge is 0.0685 e. The van der Waals surface area contributed by atoms with Gasteiger partial charge in [0.05, 0.1) is 5.60 Å². The molecule has 0 aromatic carbocycles. The highest BCUT2D eigenvalue weighted by Gasteiger charge is 2.43. The third kappa shape index (κ3) is 1.49. The van der Waals surface area contributed by atoms with Crippen LogP contribution in [0.15, 0.2) is 0 Å². The summed E-state index contributed by atoms with van der Waals surface area (Å²) < 4.78 is 5.82. The number of alkyl halides is 1. The van der Waals surface area contributed by atoms with E-state index in [0.29, 0.717) is 11.3 Å². The maximum absolute atomic E-state index is 6.11. The van der Waals surface area contributed by atoms with Crippen LogP contribution in [0.4, 0.5) is 0 Å². The molecule has 0 amide bonds. The Hall–Kier alpha value is 0.250. The van der Waals surface area contributed by atoms with Gasteiger partial charge in [-0.2, -0.15) is 0 Å².